The van der Waals surface area contributed by atoms with Gasteiger partial charge in [0.2, 0.25) is 0 Å². The van der Waals surface area contributed by atoms with Crippen molar-refractivity contribution in [2.45, 2.75) is 13.1 Å². The van der Waals surface area contributed by atoms with Crippen molar-refractivity contribution in [1.29, 1.82) is 0 Å². The van der Waals surface area contributed by atoms with Gasteiger partial charge in [-0.1, -0.05) is 15.9 Å². The Labute approximate surface area is 134 Å². The van der Waals surface area contributed by atoms with Crippen molar-refractivity contribution in [1.82, 2.24) is 0 Å². The van der Waals surface area contributed by atoms with Gasteiger partial charge >= 0.3 is 6.18 Å². The summed E-state index contributed by atoms with van der Waals surface area (Å²) in [4.78, 5) is 13.1. The van der Waals surface area contributed by atoms with Crippen LogP contribution < -0.4 is 0 Å². The van der Waals surface area contributed by atoms with Gasteiger partial charge in [0.1, 0.15) is 0 Å². The van der Waals surface area contributed by atoms with Gasteiger partial charge in [-0.15, -0.1) is 11.3 Å². The zero-order chi connectivity index (χ0) is 15.1. The molecule has 0 aliphatic carbocycles. The van der Waals surface area contributed by atoms with Crippen molar-refractivity contribution < 1.29 is 18.0 Å². The molecule has 0 atom stereocenters. The Hall–Kier alpha value is -0.660. The molecule has 1 heterocycles. The van der Waals surface area contributed by atoms with Crippen LogP contribution in [0.2, 0.25) is 0 Å². The van der Waals surface area contributed by atoms with E-state index < -0.39 is 17.5 Å². The van der Waals surface area contributed by atoms with Crippen LogP contribution >= 0.6 is 43.2 Å². The third-order valence-corrected chi connectivity index (χ3v) is 4.92. The number of halogens is 5. The van der Waals surface area contributed by atoms with Crippen LogP contribution in [0.15, 0.2) is 32.5 Å². The van der Waals surface area contributed by atoms with Crippen LogP contribution in [-0.2, 0) is 6.18 Å². The van der Waals surface area contributed by atoms with Gasteiger partial charge < -0.3 is 0 Å². The van der Waals surface area contributed by atoms with E-state index in [1.165, 1.54) is 17.4 Å². The molecular formula is C13H7Br2F3OS. The molecule has 2 rings (SSSR count). The Bertz CT molecular complexity index is 677. The molecule has 0 N–H and O–H groups in total. The predicted molar refractivity (Wildman–Crippen MR) is 79.3 cm³/mol. The quantitative estimate of drug-likeness (QED) is 0.551. The summed E-state index contributed by atoms with van der Waals surface area (Å²) >= 11 is 7.76. The maximum Gasteiger partial charge on any atom is 0.416 e. The van der Waals surface area contributed by atoms with E-state index >= 15 is 0 Å². The normalized spacial score (nSPS) is 11.7. The summed E-state index contributed by atoms with van der Waals surface area (Å²) in [6.07, 6.45) is -4.47. The number of hydrogen-bond acceptors (Lipinski definition) is 2. The number of hydrogen-bond donors (Lipinski definition) is 0. The SMILES string of the molecule is Cc1sc(Br)cc1C(=O)c1cc(C(F)(F)F)ccc1Br. The van der Waals surface area contributed by atoms with E-state index in [9.17, 15) is 18.0 Å². The number of alkyl halides is 3. The van der Waals surface area contributed by atoms with Crippen LogP contribution in [-0.4, -0.2) is 5.78 Å². The fraction of sp³-hybridized carbons (Fsp3) is 0.154. The van der Waals surface area contributed by atoms with Crippen LogP contribution in [0, 0.1) is 6.92 Å². The van der Waals surface area contributed by atoms with Crippen LogP contribution in [0.3, 0.4) is 0 Å². The smallest absolute Gasteiger partial charge is 0.289 e. The topological polar surface area (TPSA) is 17.1 Å². The number of carbonyl (C=O) groups is 1. The van der Waals surface area contributed by atoms with Crippen LogP contribution in [0.1, 0.15) is 26.4 Å². The predicted octanol–water partition coefficient (Wildman–Crippen LogP) is 5.83. The molecule has 2 aromatic rings. The van der Waals surface area contributed by atoms with E-state index in [-0.39, 0.29) is 5.56 Å². The molecule has 0 aliphatic heterocycles. The second-order valence-electron chi connectivity index (χ2n) is 4.04. The van der Waals surface area contributed by atoms with E-state index in [0.717, 1.165) is 20.8 Å². The molecule has 0 saturated carbocycles. The van der Waals surface area contributed by atoms with Crippen LogP contribution in [0.25, 0.3) is 0 Å². The number of rotatable bonds is 2. The van der Waals surface area contributed by atoms with Crippen molar-refractivity contribution in [3.8, 4) is 0 Å². The Morgan fingerprint density at radius 1 is 1.15 bits per heavy atom. The third-order valence-electron chi connectivity index (χ3n) is 2.67. The highest BCUT2D eigenvalue weighted by Crippen LogP contribution is 2.34. The van der Waals surface area contributed by atoms with Crippen molar-refractivity contribution >= 4 is 49.0 Å². The number of ketones is 1. The van der Waals surface area contributed by atoms with Crippen LogP contribution in [0.5, 0.6) is 0 Å². The summed E-state index contributed by atoms with van der Waals surface area (Å²) in [6, 6.07) is 4.68. The zero-order valence-corrected chi connectivity index (χ0v) is 14.0. The highest BCUT2D eigenvalue weighted by atomic mass is 79.9. The van der Waals surface area contributed by atoms with Crippen LogP contribution in [0.4, 0.5) is 13.2 Å². The van der Waals surface area contributed by atoms with Gasteiger partial charge in [0.25, 0.3) is 0 Å². The second kappa shape index (κ2) is 5.61. The van der Waals surface area contributed by atoms with Gasteiger partial charge in [-0.2, -0.15) is 13.2 Å². The fourth-order valence-corrected chi connectivity index (χ4v) is 3.81. The minimum Gasteiger partial charge on any atom is -0.289 e. The molecule has 0 bridgehead atoms. The Kier molecular flexibility index (Phi) is 4.41. The minimum absolute atomic E-state index is 0.00762. The summed E-state index contributed by atoms with van der Waals surface area (Å²) in [5.41, 5.74) is -0.425. The van der Waals surface area contributed by atoms with E-state index in [0.29, 0.717) is 10.0 Å². The van der Waals surface area contributed by atoms with Gasteiger partial charge in [-0.3, -0.25) is 4.79 Å². The molecule has 0 amide bonds. The Morgan fingerprint density at radius 3 is 2.30 bits per heavy atom. The highest BCUT2D eigenvalue weighted by molar-refractivity contribution is 9.11. The van der Waals surface area contributed by atoms with E-state index in [4.69, 9.17) is 0 Å². The number of benzene rings is 1. The number of carbonyl (C=O) groups excluding carboxylic acids is 1. The lowest BCUT2D eigenvalue weighted by Gasteiger charge is -2.10. The molecule has 0 unspecified atom stereocenters. The maximum absolute atomic E-state index is 12.7. The average Bonchev–Trinajstić information content (AvgIpc) is 2.66. The highest BCUT2D eigenvalue weighted by Gasteiger charge is 2.32. The minimum atomic E-state index is -4.47. The lowest BCUT2D eigenvalue weighted by molar-refractivity contribution is -0.137. The van der Waals surface area contributed by atoms with Gasteiger partial charge in [0, 0.05) is 20.5 Å². The van der Waals surface area contributed by atoms with Crippen molar-refractivity contribution in [2.75, 3.05) is 0 Å². The molecule has 1 aromatic carbocycles. The summed E-state index contributed by atoms with van der Waals surface area (Å²) in [7, 11) is 0. The molecule has 0 aliphatic rings. The lowest BCUT2D eigenvalue weighted by Crippen LogP contribution is -2.09. The molecule has 0 spiro atoms. The first-order valence-electron chi connectivity index (χ1n) is 5.37. The van der Waals surface area contributed by atoms with E-state index in [1.807, 2.05) is 0 Å². The first-order chi connectivity index (χ1) is 9.20. The van der Waals surface area contributed by atoms with E-state index in [2.05, 4.69) is 31.9 Å². The maximum atomic E-state index is 12.7. The molecule has 7 heteroatoms. The summed E-state index contributed by atoms with van der Waals surface area (Å²) in [6.45, 7) is 1.75. The molecule has 1 nitrogen and oxygen atoms in total. The summed E-state index contributed by atoms with van der Waals surface area (Å²) < 4.78 is 39.3. The first kappa shape index (κ1) is 15.7. The largest absolute Gasteiger partial charge is 0.416 e. The van der Waals surface area contributed by atoms with Gasteiger partial charge in [-0.05, 0) is 47.1 Å². The Balaban J connectivity index is 2.52. The van der Waals surface area contributed by atoms with E-state index in [1.54, 1.807) is 13.0 Å². The monoisotopic (exact) mass is 426 g/mol. The molecule has 106 valence electrons. The first-order valence-corrected chi connectivity index (χ1v) is 7.78. The van der Waals surface area contributed by atoms with Gasteiger partial charge in [-0.25, -0.2) is 0 Å². The van der Waals surface area contributed by atoms with Gasteiger partial charge in [0.05, 0.1) is 9.35 Å². The Morgan fingerprint density at radius 2 is 1.80 bits per heavy atom. The molecule has 1 aromatic heterocycles. The third kappa shape index (κ3) is 3.15. The summed E-state index contributed by atoms with van der Waals surface area (Å²) in [5.74, 6) is -0.428. The van der Waals surface area contributed by atoms with Gasteiger partial charge in [0.15, 0.2) is 5.78 Å². The lowest BCUT2D eigenvalue weighted by atomic mass is 10.0. The second-order valence-corrected chi connectivity index (χ2v) is 7.53. The number of aryl methyl sites for hydroxylation is 1. The number of thiophene rings is 1. The van der Waals surface area contributed by atoms with Crippen molar-refractivity contribution in [2.24, 2.45) is 0 Å². The van der Waals surface area contributed by atoms with Crippen molar-refractivity contribution in [3.05, 3.63) is 54.1 Å². The average molecular weight is 428 g/mol. The molecular weight excluding hydrogens is 421 g/mol. The molecule has 0 saturated heterocycles. The standard InChI is InChI=1S/C13H7Br2F3OS/c1-6-8(5-11(15)20-6)12(19)9-4-7(13(16,17)18)2-3-10(9)14/h2-5H,1H3. The molecule has 20 heavy (non-hydrogen) atoms. The summed E-state index contributed by atoms with van der Waals surface area (Å²) in [5, 5.41) is 0. The molecule has 0 fully saturated rings. The molecule has 0 radical (unpaired) electrons. The zero-order valence-electron chi connectivity index (χ0n) is 10.0. The fourth-order valence-electron chi connectivity index (χ4n) is 1.69. The van der Waals surface area contributed by atoms with Crippen molar-refractivity contribution in [3.63, 3.8) is 0 Å².